The molecule has 0 saturated carbocycles. The quantitative estimate of drug-likeness (QED) is 0.0529. The number of carbonyl (C=O) groups is 2. The first-order valence-corrected chi connectivity index (χ1v) is 20.6. The normalized spacial score (nSPS) is 13.8. The largest absolute Gasteiger partial charge is 0.490 e. The van der Waals surface area contributed by atoms with Gasteiger partial charge in [0.05, 0.1) is 39.6 Å². The molecule has 0 aromatic heterocycles. The highest BCUT2D eigenvalue weighted by Gasteiger charge is 2.30. The van der Waals surface area contributed by atoms with Crippen LogP contribution in [-0.2, 0) is 20.7 Å². The number of amides is 1. The maximum absolute atomic E-state index is 14.1. The number of nitrogens with zero attached hydrogens (tertiary/aromatic N) is 2. The molecule has 57 heavy (non-hydrogen) atoms. The van der Waals surface area contributed by atoms with E-state index in [0.717, 1.165) is 43.6 Å². The predicted molar refractivity (Wildman–Crippen MR) is 226 cm³/mol. The van der Waals surface area contributed by atoms with Crippen LogP contribution < -0.4 is 28.4 Å². The summed E-state index contributed by atoms with van der Waals surface area (Å²) in [5, 5.41) is 0. The van der Waals surface area contributed by atoms with Crippen molar-refractivity contribution in [3.05, 3.63) is 76.9 Å². The zero-order valence-electron chi connectivity index (χ0n) is 35.0. The summed E-state index contributed by atoms with van der Waals surface area (Å²) in [6.07, 6.45) is 8.30. The van der Waals surface area contributed by atoms with E-state index in [4.69, 9.17) is 33.2 Å². The van der Waals surface area contributed by atoms with Crippen molar-refractivity contribution in [2.75, 3.05) is 72.4 Å². The third kappa shape index (κ3) is 13.2. The lowest BCUT2D eigenvalue weighted by Gasteiger charge is -2.36. The Bertz CT molecular complexity index is 1780. The number of benzene rings is 3. The number of carbonyl (C=O) groups excluding carboxylic acids is 2. The monoisotopic (exact) mass is 786 g/mol. The van der Waals surface area contributed by atoms with Crippen molar-refractivity contribution in [3.63, 3.8) is 0 Å². The molecular formula is C46H62N2O9. The van der Waals surface area contributed by atoms with E-state index in [-0.39, 0.29) is 12.3 Å². The van der Waals surface area contributed by atoms with Gasteiger partial charge in [0, 0.05) is 44.2 Å². The molecule has 0 aliphatic carbocycles. The van der Waals surface area contributed by atoms with Gasteiger partial charge in [-0.3, -0.25) is 9.69 Å². The van der Waals surface area contributed by atoms with Gasteiger partial charge in [0.2, 0.25) is 0 Å². The fraction of sp³-hybridized carbons (Fsp3) is 0.478. The van der Waals surface area contributed by atoms with Crippen molar-refractivity contribution in [3.8, 4) is 34.5 Å². The predicted octanol–water partition coefficient (Wildman–Crippen LogP) is 8.36. The Morgan fingerprint density at radius 1 is 0.632 bits per heavy atom. The molecule has 1 aliphatic heterocycles. The Balaban J connectivity index is 1.65. The molecule has 0 radical (unpaired) electrons. The molecule has 11 heteroatoms. The van der Waals surface area contributed by atoms with Crippen molar-refractivity contribution in [1.82, 2.24) is 9.80 Å². The van der Waals surface area contributed by atoms with Crippen LogP contribution >= 0.6 is 0 Å². The molecule has 1 saturated heterocycles. The maximum Gasteiger partial charge on any atom is 0.331 e. The molecule has 11 nitrogen and oxygen atoms in total. The van der Waals surface area contributed by atoms with E-state index in [1.165, 1.54) is 6.08 Å². The highest BCUT2D eigenvalue weighted by molar-refractivity contribution is 5.92. The fourth-order valence-corrected chi connectivity index (χ4v) is 6.56. The summed E-state index contributed by atoms with van der Waals surface area (Å²) in [7, 11) is 0. The molecule has 0 bridgehead atoms. The molecule has 0 spiro atoms. The van der Waals surface area contributed by atoms with Crippen molar-refractivity contribution >= 4 is 30.1 Å². The molecule has 1 unspecified atom stereocenters. The Morgan fingerprint density at radius 2 is 1.21 bits per heavy atom. The number of hydrogen-bond donors (Lipinski definition) is 0. The molecule has 1 atom stereocenters. The number of piperazine rings is 1. The van der Waals surface area contributed by atoms with Gasteiger partial charge >= 0.3 is 5.97 Å². The van der Waals surface area contributed by atoms with Gasteiger partial charge in [-0.15, -0.1) is 0 Å². The second-order valence-corrected chi connectivity index (χ2v) is 13.3. The molecule has 1 heterocycles. The fourth-order valence-electron chi connectivity index (χ4n) is 6.56. The van der Waals surface area contributed by atoms with E-state index in [1.54, 1.807) is 6.08 Å². The minimum Gasteiger partial charge on any atom is -0.490 e. The van der Waals surface area contributed by atoms with Gasteiger partial charge in [-0.25, -0.2) is 4.79 Å². The van der Waals surface area contributed by atoms with E-state index < -0.39 is 12.1 Å². The zero-order chi connectivity index (χ0) is 41.0. The summed E-state index contributed by atoms with van der Waals surface area (Å²) in [6.45, 7) is 20.2. The molecule has 3 aromatic rings. The smallest absolute Gasteiger partial charge is 0.331 e. The highest BCUT2D eigenvalue weighted by atomic mass is 16.5. The molecule has 3 aromatic carbocycles. The second kappa shape index (κ2) is 23.8. The lowest BCUT2D eigenvalue weighted by atomic mass is 10.0. The number of unbranched alkanes of at least 4 members (excludes halogenated alkanes) is 1. The topological polar surface area (TPSA) is 105 Å². The lowest BCUT2D eigenvalue weighted by molar-refractivity contribution is -0.157. The zero-order valence-corrected chi connectivity index (χ0v) is 35.0. The average molecular weight is 787 g/mol. The molecular weight excluding hydrogens is 725 g/mol. The summed E-state index contributed by atoms with van der Waals surface area (Å²) >= 11 is 0. The van der Waals surface area contributed by atoms with Crippen LogP contribution in [0.2, 0.25) is 0 Å². The number of rotatable bonds is 23. The van der Waals surface area contributed by atoms with E-state index in [9.17, 15) is 9.59 Å². The van der Waals surface area contributed by atoms with Crippen LogP contribution in [-0.4, -0.2) is 100 Å². The Hall–Kier alpha value is -5.16. The minimum atomic E-state index is -1.05. The van der Waals surface area contributed by atoms with Gasteiger partial charge in [0.15, 0.2) is 40.6 Å². The summed E-state index contributed by atoms with van der Waals surface area (Å²) in [5.41, 5.74) is 3.09. The van der Waals surface area contributed by atoms with Crippen LogP contribution in [0.4, 0.5) is 0 Å². The molecule has 0 N–H and O–H groups in total. The van der Waals surface area contributed by atoms with Crippen molar-refractivity contribution in [2.24, 2.45) is 0 Å². The molecule has 1 fully saturated rings. The van der Waals surface area contributed by atoms with Crippen LogP contribution in [0.5, 0.6) is 34.5 Å². The number of ether oxygens (including phenoxy) is 7. The van der Waals surface area contributed by atoms with Gasteiger partial charge in [0.25, 0.3) is 5.91 Å². The molecule has 1 aliphatic rings. The third-order valence-corrected chi connectivity index (χ3v) is 9.27. The van der Waals surface area contributed by atoms with E-state index in [1.807, 2.05) is 107 Å². The van der Waals surface area contributed by atoms with Gasteiger partial charge in [-0.2, -0.15) is 0 Å². The average Bonchev–Trinajstić information content (AvgIpc) is 3.21. The standard InChI is InChI=1S/C46H62N2O9/c1-8-15-26-47-27-29-48(30-28-47)46(50)43(33-35-18-23-39(52-10-3)42(32-35)55-13-6)57-44(49)25-20-36-19-24-40(53-11-4)45(56-14-7)37(36)21-16-34-17-22-38(51-9-2)41(31-34)54-12-5/h16-25,31-32,43H,8-15,26-30,33H2,1-7H3/b21-16+,25-20+. The first-order valence-electron chi connectivity index (χ1n) is 20.6. The Morgan fingerprint density at radius 3 is 1.84 bits per heavy atom. The van der Waals surface area contributed by atoms with Crippen molar-refractivity contribution < 1.29 is 42.7 Å². The van der Waals surface area contributed by atoms with Crippen LogP contribution in [0.25, 0.3) is 18.2 Å². The van der Waals surface area contributed by atoms with E-state index in [0.29, 0.717) is 98.4 Å². The Labute approximate surface area is 339 Å². The van der Waals surface area contributed by atoms with Crippen LogP contribution in [0, 0.1) is 0 Å². The SMILES string of the molecule is CCCCN1CCN(C(=O)C(Cc2ccc(OCC)c(OCC)c2)OC(=O)/C=C/c2ccc(OCC)c(OCC)c2/C=C/c2ccc(OCC)c(OCC)c2)CC1. The molecule has 310 valence electrons. The van der Waals surface area contributed by atoms with Gasteiger partial charge in [-0.1, -0.05) is 37.6 Å². The van der Waals surface area contributed by atoms with Crippen molar-refractivity contribution in [1.29, 1.82) is 0 Å². The molecule has 1 amide bonds. The van der Waals surface area contributed by atoms with E-state index in [2.05, 4.69) is 11.8 Å². The second-order valence-electron chi connectivity index (χ2n) is 13.3. The summed E-state index contributed by atoms with van der Waals surface area (Å²) < 4.78 is 41.3. The summed E-state index contributed by atoms with van der Waals surface area (Å²) in [5.74, 6) is 2.81. The van der Waals surface area contributed by atoms with Gasteiger partial charge < -0.3 is 38.1 Å². The minimum absolute atomic E-state index is 0.179. The van der Waals surface area contributed by atoms with Gasteiger partial charge in [-0.05, 0) is 114 Å². The summed E-state index contributed by atoms with van der Waals surface area (Å²) in [6, 6.07) is 15.0. The third-order valence-electron chi connectivity index (χ3n) is 9.27. The molecule has 4 rings (SSSR count). The van der Waals surface area contributed by atoms with Gasteiger partial charge in [0.1, 0.15) is 0 Å². The first kappa shape index (κ1) is 44.6. The lowest BCUT2D eigenvalue weighted by Crippen LogP contribution is -2.52. The highest BCUT2D eigenvalue weighted by Crippen LogP contribution is 2.37. The first-order chi connectivity index (χ1) is 27.8. The van der Waals surface area contributed by atoms with E-state index >= 15 is 0 Å². The maximum atomic E-state index is 14.1. The number of hydrogen-bond acceptors (Lipinski definition) is 10. The van der Waals surface area contributed by atoms with Crippen LogP contribution in [0.15, 0.2) is 54.6 Å². The van der Waals surface area contributed by atoms with Crippen LogP contribution in [0.3, 0.4) is 0 Å². The summed E-state index contributed by atoms with van der Waals surface area (Å²) in [4.78, 5) is 32.0. The number of esters is 1. The Kier molecular flexibility index (Phi) is 18.6. The van der Waals surface area contributed by atoms with Crippen LogP contribution in [0.1, 0.15) is 83.6 Å². The van der Waals surface area contributed by atoms with Crippen molar-refractivity contribution in [2.45, 2.75) is 73.8 Å².